The summed E-state index contributed by atoms with van der Waals surface area (Å²) in [4.78, 5) is 32.2. The Kier molecular flexibility index (Phi) is 6.12. The molecule has 0 bridgehead atoms. The van der Waals surface area contributed by atoms with Crippen LogP contribution < -0.4 is 16.4 Å². The normalized spacial score (nSPS) is 10.9. The van der Waals surface area contributed by atoms with Crippen molar-refractivity contribution in [3.63, 3.8) is 0 Å². The molecule has 1 atom stereocenters. The predicted molar refractivity (Wildman–Crippen MR) is 55.2 cm³/mol. The second-order valence-corrected chi connectivity index (χ2v) is 2.92. The highest BCUT2D eigenvalue weighted by Crippen LogP contribution is 1.91. The largest absolute Gasteiger partial charge is 0.480 e. The van der Waals surface area contributed by atoms with Crippen molar-refractivity contribution in [1.29, 1.82) is 0 Å². The molecule has 16 heavy (non-hydrogen) atoms. The van der Waals surface area contributed by atoms with Crippen LogP contribution in [0.15, 0.2) is 0 Å². The van der Waals surface area contributed by atoms with Crippen LogP contribution >= 0.6 is 0 Å². The standard InChI is InChI=1S/C9H13N3O4/c1-2-3-4-11-9(16)12-6(8(14)15)5-7(10)13/h1,6H,3-5H2,(H2,10,13)(H,14,15)(H2,11,12,16)/t6-/m0/s1. The summed E-state index contributed by atoms with van der Waals surface area (Å²) in [5, 5.41) is 13.1. The lowest BCUT2D eigenvalue weighted by Gasteiger charge is -2.12. The van der Waals surface area contributed by atoms with Crippen LogP contribution in [0.5, 0.6) is 0 Å². The van der Waals surface area contributed by atoms with Crippen LogP contribution in [-0.2, 0) is 9.59 Å². The number of amides is 3. The Hall–Kier alpha value is -2.23. The first kappa shape index (κ1) is 13.8. The molecule has 0 fully saturated rings. The molecule has 0 saturated heterocycles. The summed E-state index contributed by atoms with van der Waals surface area (Å²) in [6.07, 6.45) is 4.83. The first-order valence-corrected chi connectivity index (χ1v) is 4.46. The lowest BCUT2D eigenvalue weighted by atomic mass is 10.2. The molecule has 0 saturated carbocycles. The average molecular weight is 227 g/mol. The van der Waals surface area contributed by atoms with Crippen LogP contribution in [0.25, 0.3) is 0 Å². The van der Waals surface area contributed by atoms with Crippen molar-refractivity contribution < 1.29 is 19.5 Å². The van der Waals surface area contributed by atoms with Gasteiger partial charge in [-0.05, 0) is 0 Å². The third kappa shape index (κ3) is 6.26. The van der Waals surface area contributed by atoms with Crippen LogP contribution in [0.1, 0.15) is 12.8 Å². The van der Waals surface area contributed by atoms with Gasteiger partial charge in [-0.1, -0.05) is 0 Å². The molecule has 5 N–H and O–H groups in total. The molecule has 7 nitrogen and oxygen atoms in total. The number of carbonyl (C=O) groups is 3. The first-order chi connectivity index (χ1) is 7.47. The first-order valence-electron chi connectivity index (χ1n) is 4.46. The molecule has 0 unspecified atom stereocenters. The van der Waals surface area contributed by atoms with E-state index in [4.69, 9.17) is 17.3 Å². The molecular weight excluding hydrogens is 214 g/mol. The molecule has 88 valence electrons. The Morgan fingerprint density at radius 2 is 2.06 bits per heavy atom. The number of nitrogens with one attached hydrogen (secondary N) is 2. The number of primary amides is 1. The Bertz CT molecular complexity index is 321. The number of urea groups is 1. The number of hydrogen-bond donors (Lipinski definition) is 4. The second kappa shape index (κ2) is 7.11. The number of rotatable bonds is 6. The van der Waals surface area contributed by atoms with E-state index in [1.54, 1.807) is 0 Å². The van der Waals surface area contributed by atoms with Gasteiger partial charge in [0.1, 0.15) is 6.04 Å². The van der Waals surface area contributed by atoms with E-state index < -0.39 is 30.4 Å². The van der Waals surface area contributed by atoms with Gasteiger partial charge in [-0.15, -0.1) is 12.3 Å². The number of aliphatic carboxylic acids is 1. The fraction of sp³-hybridized carbons (Fsp3) is 0.444. The number of terminal acetylenes is 1. The number of carboxylic acids is 1. The lowest BCUT2D eigenvalue weighted by molar-refractivity contribution is -0.140. The zero-order valence-electron chi connectivity index (χ0n) is 8.53. The highest BCUT2D eigenvalue weighted by molar-refractivity contribution is 5.87. The smallest absolute Gasteiger partial charge is 0.326 e. The molecule has 3 amide bonds. The topological polar surface area (TPSA) is 122 Å². The van der Waals surface area contributed by atoms with Gasteiger partial charge in [0.05, 0.1) is 6.42 Å². The van der Waals surface area contributed by atoms with Crippen LogP contribution in [0, 0.1) is 12.3 Å². The number of carboxylic acid groups (broad SMARTS) is 1. The molecule has 0 aliphatic heterocycles. The zero-order valence-corrected chi connectivity index (χ0v) is 8.53. The van der Waals surface area contributed by atoms with Crippen molar-refractivity contribution in [3.05, 3.63) is 0 Å². The highest BCUT2D eigenvalue weighted by atomic mass is 16.4. The quantitative estimate of drug-likeness (QED) is 0.330. The molecule has 0 aromatic rings. The van der Waals surface area contributed by atoms with Crippen molar-refractivity contribution in [2.45, 2.75) is 18.9 Å². The maximum Gasteiger partial charge on any atom is 0.326 e. The van der Waals surface area contributed by atoms with Crippen LogP contribution in [-0.4, -0.2) is 35.6 Å². The maximum atomic E-state index is 11.1. The predicted octanol–water partition coefficient (Wildman–Crippen LogP) is -1.36. The molecule has 0 aliphatic rings. The molecule has 7 heteroatoms. The summed E-state index contributed by atoms with van der Waals surface area (Å²) in [6.45, 7) is 0.227. The SMILES string of the molecule is C#CCCNC(=O)N[C@@H](CC(N)=O)C(=O)O. The van der Waals surface area contributed by atoms with Gasteiger partial charge in [0.15, 0.2) is 0 Å². The Balaban J connectivity index is 4.09. The van der Waals surface area contributed by atoms with Gasteiger partial charge in [-0.2, -0.15) is 0 Å². The van der Waals surface area contributed by atoms with Crippen LogP contribution in [0.3, 0.4) is 0 Å². The number of nitrogens with two attached hydrogens (primary N) is 1. The van der Waals surface area contributed by atoms with E-state index in [0.717, 1.165) is 0 Å². The molecule has 0 aromatic heterocycles. The van der Waals surface area contributed by atoms with E-state index in [1.165, 1.54) is 0 Å². The van der Waals surface area contributed by atoms with Gasteiger partial charge in [0, 0.05) is 13.0 Å². The van der Waals surface area contributed by atoms with Gasteiger partial charge in [0.25, 0.3) is 0 Å². The van der Waals surface area contributed by atoms with Crippen molar-refractivity contribution in [2.24, 2.45) is 5.73 Å². The second-order valence-electron chi connectivity index (χ2n) is 2.92. The Morgan fingerprint density at radius 3 is 2.50 bits per heavy atom. The minimum absolute atomic E-state index is 0.227. The van der Waals surface area contributed by atoms with Crippen molar-refractivity contribution >= 4 is 17.9 Å². The fourth-order valence-corrected chi connectivity index (χ4v) is 0.859. The number of hydrogen-bond acceptors (Lipinski definition) is 3. The van der Waals surface area contributed by atoms with E-state index in [2.05, 4.69) is 16.6 Å². The summed E-state index contributed by atoms with van der Waals surface area (Å²) >= 11 is 0. The summed E-state index contributed by atoms with van der Waals surface area (Å²) in [5.74, 6) is 0.162. The fourth-order valence-electron chi connectivity index (χ4n) is 0.859. The van der Waals surface area contributed by atoms with E-state index in [0.29, 0.717) is 6.42 Å². The van der Waals surface area contributed by atoms with Crippen molar-refractivity contribution in [1.82, 2.24) is 10.6 Å². The van der Waals surface area contributed by atoms with Gasteiger partial charge in [-0.25, -0.2) is 9.59 Å². The summed E-state index contributed by atoms with van der Waals surface area (Å²) in [6, 6.07) is -2.03. The summed E-state index contributed by atoms with van der Waals surface area (Å²) < 4.78 is 0. The van der Waals surface area contributed by atoms with Gasteiger partial charge >= 0.3 is 12.0 Å². The van der Waals surface area contributed by atoms with E-state index in [-0.39, 0.29) is 6.54 Å². The average Bonchev–Trinajstić information content (AvgIpc) is 2.16. The third-order valence-corrected chi connectivity index (χ3v) is 1.56. The molecule has 0 rings (SSSR count). The van der Waals surface area contributed by atoms with Crippen LogP contribution in [0.4, 0.5) is 4.79 Å². The minimum Gasteiger partial charge on any atom is -0.480 e. The van der Waals surface area contributed by atoms with Gasteiger partial charge < -0.3 is 21.5 Å². The summed E-state index contributed by atoms with van der Waals surface area (Å²) in [5.41, 5.74) is 4.83. The van der Waals surface area contributed by atoms with Gasteiger partial charge in [0.2, 0.25) is 5.91 Å². The minimum atomic E-state index is -1.33. The zero-order chi connectivity index (χ0) is 12.6. The molecule has 0 heterocycles. The monoisotopic (exact) mass is 227 g/mol. The van der Waals surface area contributed by atoms with E-state index in [9.17, 15) is 14.4 Å². The third-order valence-electron chi connectivity index (χ3n) is 1.56. The lowest BCUT2D eigenvalue weighted by Crippen LogP contribution is -2.47. The Labute approximate surface area is 92.4 Å². The van der Waals surface area contributed by atoms with Crippen LogP contribution in [0.2, 0.25) is 0 Å². The van der Waals surface area contributed by atoms with E-state index in [1.807, 2.05) is 0 Å². The molecule has 0 radical (unpaired) electrons. The van der Waals surface area contributed by atoms with Gasteiger partial charge in [-0.3, -0.25) is 4.79 Å². The summed E-state index contributed by atoms with van der Waals surface area (Å²) in [7, 11) is 0. The molecular formula is C9H13N3O4. The highest BCUT2D eigenvalue weighted by Gasteiger charge is 2.21. The molecule has 0 spiro atoms. The molecule has 0 aliphatic carbocycles. The van der Waals surface area contributed by atoms with E-state index >= 15 is 0 Å². The Morgan fingerprint density at radius 1 is 1.44 bits per heavy atom. The maximum absolute atomic E-state index is 11.1. The number of carbonyl (C=O) groups excluding carboxylic acids is 2. The van der Waals surface area contributed by atoms with Crippen molar-refractivity contribution in [3.8, 4) is 12.3 Å². The van der Waals surface area contributed by atoms with Crippen molar-refractivity contribution in [2.75, 3.05) is 6.54 Å². The molecule has 0 aromatic carbocycles.